The van der Waals surface area contributed by atoms with E-state index in [9.17, 15) is 0 Å². The van der Waals surface area contributed by atoms with Crippen molar-refractivity contribution < 1.29 is 4.74 Å². The van der Waals surface area contributed by atoms with E-state index in [1.807, 2.05) is 7.05 Å². The van der Waals surface area contributed by atoms with E-state index in [1.165, 1.54) is 18.7 Å². The lowest BCUT2D eigenvalue weighted by Gasteiger charge is -2.37. The third kappa shape index (κ3) is 6.99. The van der Waals surface area contributed by atoms with Gasteiger partial charge in [0.05, 0.1) is 6.10 Å². The molecule has 1 unspecified atom stereocenters. The smallest absolute Gasteiger partial charge is 0.191 e. The summed E-state index contributed by atoms with van der Waals surface area (Å²) < 4.78 is 5.98. The molecule has 6 nitrogen and oxygen atoms in total. The van der Waals surface area contributed by atoms with Crippen molar-refractivity contribution in [2.24, 2.45) is 4.99 Å². The Bertz CT molecular complexity index is 623. The van der Waals surface area contributed by atoms with Gasteiger partial charge in [0, 0.05) is 57.9 Å². The fraction of sp³-hybridized carbons (Fsp3) is 0.682. The Hall–Kier alpha value is -1.79. The summed E-state index contributed by atoms with van der Waals surface area (Å²) in [5.41, 5.74) is 2.35. The number of aryl methyl sites for hydroxylation is 1. The summed E-state index contributed by atoms with van der Waals surface area (Å²) >= 11 is 0. The number of piperazine rings is 1. The third-order valence-electron chi connectivity index (χ3n) is 5.30. The SMILES string of the molecule is CCN1CCN(C(C)CNC(=NC)NCc2ccc(C)cc2OC(C)C)CC1. The highest BCUT2D eigenvalue weighted by molar-refractivity contribution is 5.79. The molecule has 158 valence electrons. The molecule has 1 aromatic rings. The van der Waals surface area contributed by atoms with E-state index in [-0.39, 0.29) is 6.10 Å². The molecule has 0 spiro atoms. The Kier molecular flexibility index (Phi) is 9.06. The van der Waals surface area contributed by atoms with Gasteiger partial charge in [-0.25, -0.2) is 0 Å². The van der Waals surface area contributed by atoms with Crippen LogP contribution in [0.5, 0.6) is 5.75 Å². The molecule has 1 heterocycles. The Morgan fingerprint density at radius 1 is 1.14 bits per heavy atom. The Labute approximate surface area is 171 Å². The first kappa shape index (κ1) is 22.5. The molecule has 1 aromatic carbocycles. The van der Waals surface area contributed by atoms with E-state index < -0.39 is 0 Å². The second kappa shape index (κ2) is 11.3. The molecule has 2 rings (SSSR count). The van der Waals surface area contributed by atoms with E-state index in [1.54, 1.807) is 0 Å². The number of guanidine groups is 1. The monoisotopic (exact) mass is 389 g/mol. The van der Waals surface area contributed by atoms with Crippen molar-refractivity contribution in [2.45, 2.75) is 53.3 Å². The van der Waals surface area contributed by atoms with E-state index >= 15 is 0 Å². The fourth-order valence-corrected chi connectivity index (χ4v) is 3.46. The summed E-state index contributed by atoms with van der Waals surface area (Å²) in [5.74, 6) is 1.77. The van der Waals surface area contributed by atoms with Crippen LogP contribution in [0.15, 0.2) is 23.2 Å². The normalized spacial score (nSPS) is 17.6. The molecule has 1 fully saturated rings. The summed E-state index contributed by atoms with van der Waals surface area (Å²) in [5, 5.41) is 6.90. The largest absolute Gasteiger partial charge is 0.491 e. The lowest BCUT2D eigenvalue weighted by molar-refractivity contribution is 0.107. The molecule has 2 N–H and O–H groups in total. The van der Waals surface area contributed by atoms with Crippen LogP contribution in [0, 0.1) is 6.92 Å². The first-order valence-corrected chi connectivity index (χ1v) is 10.6. The van der Waals surface area contributed by atoms with Crippen LogP contribution in [0.1, 0.15) is 38.8 Å². The molecule has 1 saturated heterocycles. The number of hydrogen-bond donors (Lipinski definition) is 2. The van der Waals surface area contributed by atoms with Crippen molar-refractivity contribution in [3.05, 3.63) is 29.3 Å². The maximum absolute atomic E-state index is 5.98. The van der Waals surface area contributed by atoms with Gasteiger partial charge < -0.3 is 20.3 Å². The van der Waals surface area contributed by atoms with Gasteiger partial charge >= 0.3 is 0 Å². The fourth-order valence-electron chi connectivity index (χ4n) is 3.46. The molecule has 28 heavy (non-hydrogen) atoms. The second-order valence-corrected chi connectivity index (χ2v) is 7.90. The number of nitrogens with zero attached hydrogens (tertiary/aromatic N) is 3. The van der Waals surface area contributed by atoms with Crippen LogP contribution in [-0.2, 0) is 6.54 Å². The van der Waals surface area contributed by atoms with Crippen molar-refractivity contribution in [1.29, 1.82) is 0 Å². The topological polar surface area (TPSA) is 52.1 Å². The standard InChI is InChI=1S/C22H39N5O/c1-7-26-10-12-27(13-11-26)19(5)15-24-22(23-6)25-16-20-9-8-18(4)14-21(20)28-17(2)3/h8-9,14,17,19H,7,10-13,15-16H2,1-6H3,(H2,23,24,25). The molecule has 0 amide bonds. The molecule has 0 aliphatic carbocycles. The minimum absolute atomic E-state index is 0.159. The van der Waals surface area contributed by atoms with Gasteiger partial charge in [-0.2, -0.15) is 0 Å². The van der Waals surface area contributed by atoms with E-state index in [4.69, 9.17) is 4.74 Å². The summed E-state index contributed by atoms with van der Waals surface area (Å²) in [6.45, 7) is 18.1. The summed E-state index contributed by atoms with van der Waals surface area (Å²) in [6, 6.07) is 6.84. The van der Waals surface area contributed by atoms with E-state index in [0.717, 1.165) is 43.5 Å². The average molecular weight is 390 g/mol. The van der Waals surface area contributed by atoms with E-state index in [2.05, 4.69) is 78.2 Å². The Balaban J connectivity index is 1.83. The van der Waals surface area contributed by atoms with Crippen LogP contribution in [0.3, 0.4) is 0 Å². The van der Waals surface area contributed by atoms with Gasteiger partial charge in [0.1, 0.15) is 5.75 Å². The van der Waals surface area contributed by atoms with Gasteiger partial charge in [-0.1, -0.05) is 19.1 Å². The predicted octanol–water partition coefficient (Wildman–Crippen LogP) is 2.47. The van der Waals surface area contributed by atoms with Gasteiger partial charge in [0.15, 0.2) is 5.96 Å². The molecule has 0 radical (unpaired) electrons. The molecule has 1 aliphatic heterocycles. The quantitative estimate of drug-likeness (QED) is 0.528. The zero-order valence-electron chi connectivity index (χ0n) is 18.6. The van der Waals surface area contributed by atoms with Crippen molar-refractivity contribution in [3.63, 3.8) is 0 Å². The van der Waals surface area contributed by atoms with Gasteiger partial charge in [0.25, 0.3) is 0 Å². The number of aliphatic imine (C=N–C) groups is 1. The Morgan fingerprint density at radius 3 is 2.46 bits per heavy atom. The maximum atomic E-state index is 5.98. The molecular formula is C22H39N5O. The second-order valence-electron chi connectivity index (χ2n) is 7.90. The van der Waals surface area contributed by atoms with Crippen LogP contribution < -0.4 is 15.4 Å². The molecule has 0 bridgehead atoms. The van der Waals surface area contributed by atoms with Crippen molar-refractivity contribution in [2.75, 3.05) is 46.3 Å². The molecular weight excluding hydrogens is 350 g/mol. The lowest BCUT2D eigenvalue weighted by Crippen LogP contribution is -2.53. The Morgan fingerprint density at radius 2 is 1.86 bits per heavy atom. The van der Waals surface area contributed by atoms with Crippen LogP contribution >= 0.6 is 0 Å². The zero-order chi connectivity index (χ0) is 20.5. The minimum Gasteiger partial charge on any atom is -0.491 e. The number of rotatable bonds is 8. The molecule has 0 saturated carbocycles. The number of ether oxygens (including phenoxy) is 1. The van der Waals surface area contributed by atoms with Gasteiger partial charge in [0.2, 0.25) is 0 Å². The highest BCUT2D eigenvalue weighted by Crippen LogP contribution is 2.21. The predicted molar refractivity (Wildman–Crippen MR) is 118 cm³/mol. The van der Waals surface area contributed by atoms with Crippen LogP contribution in [0.25, 0.3) is 0 Å². The average Bonchev–Trinajstić information content (AvgIpc) is 2.68. The maximum Gasteiger partial charge on any atom is 0.191 e. The minimum atomic E-state index is 0.159. The summed E-state index contributed by atoms with van der Waals surface area (Å²) in [7, 11) is 1.82. The van der Waals surface area contributed by atoms with Gasteiger partial charge in [-0.05, 0) is 45.9 Å². The molecule has 0 aromatic heterocycles. The third-order valence-corrected chi connectivity index (χ3v) is 5.30. The number of benzene rings is 1. The van der Waals surface area contributed by atoms with Crippen molar-refractivity contribution >= 4 is 5.96 Å². The molecule has 1 aliphatic rings. The first-order chi connectivity index (χ1) is 13.4. The molecule has 6 heteroatoms. The van der Waals surface area contributed by atoms with Gasteiger partial charge in [-0.3, -0.25) is 9.89 Å². The number of nitrogens with one attached hydrogen (secondary N) is 2. The van der Waals surface area contributed by atoms with Crippen LogP contribution in [0.2, 0.25) is 0 Å². The van der Waals surface area contributed by atoms with Crippen molar-refractivity contribution in [3.8, 4) is 5.75 Å². The molecule has 1 atom stereocenters. The summed E-state index contributed by atoms with van der Waals surface area (Å²) in [4.78, 5) is 9.45. The summed E-state index contributed by atoms with van der Waals surface area (Å²) in [6.07, 6.45) is 0.159. The first-order valence-electron chi connectivity index (χ1n) is 10.6. The van der Waals surface area contributed by atoms with Gasteiger partial charge in [-0.15, -0.1) is 0 Å². The highest BCUT2D eigenvalue weighted by atomic mass is 16.5. The lowest BCUT2D eigenvalue weighted by atomic mass is 10.1. The highest BCUT2D eigenvalue weighted by Gasteiger charge is 2.20. The van der Waals surface area contributed by atoms with Crippen molar-refractivity contribution in [1.82, 2.24) is 20.4 Å². The zero-order valence-corrected chi connectivity index (χ0v) is 18.6. The van der Waals surface area contributed by atoms with Crippen LogP contribution in [-0.4, -0.2) is 74.2 Å². The number of hydrogen-bond acceptors (Lipinski definition) is 4. The number of likely N-dealkylation sites (N-methyl/N-ethyl adjacent to an activating group) is 1. The van der Waals surface area contributed by atoms with E-state index in [0.29, 0.717) is 12.6 Å². The van der Waals surface area contributed by atoms with Crippen LogP contribution in [0.4, 0.5) is 0 Å².